The van der Waals surface area contributed by atoms with E-state index in [-0.39, 0.29) is 78.9 Å². The summed E-state index contributed by atoms with van der Waals surface area (Å²) in [5.74, 6) is -1.91. The molecule has 8 rings (SSSR count). The van der Waals surface area contributed by atoms with Crippen LogP contribution >= 0.6 is 15.9 Å². The van der Waals surface area contributed by atoms with Crippen LogP contribution in [0.2, 0.25) is 0 Å². The molecule has 1 aliphatic heterocycles. The Balaban J connectivity index is 0.000000293. The number of piperazine rings is 1. The Morgan fingerprint density at radius 1 is 0.716 bits per heavy atom. The van der Waals surface area contributed by atoms with Gasteiger partial charge in [0.1, 0.15) is 30.5 Å². The Labute approximate surface area is 392 Å². The first-order chi connectivity index (χ1) is 32.1. The summed E-state index contributed by atoms with van der Waals surface area (Å²) < 4.78 is 74.1. The summed E-state index contributed by atoms with van der Waals surface area (Å²) in [6, 6.07) is 30.5. The minimum Gasteiger partial charge on any atom is -0.486 e. The lowest BCUT2D eigenvalue weighted by atomic mass is 10.2. The van der Waals surface area contributed by atoms with Gasteiger partial charge in [0.05, 0.1) is 34.1 Å². The highest BCUT2D eigenvalue weighted by Gasteiger charge is 2.39. The van der Waals surface area contributed by atoms with Gasteiger partial charge in [-0.1, -0.05) is 95.7 Å². The number of aromatic nitrogens is 2. The first kappa shape index (κ1) is 48.2. The molecule has 2 heterocycles. The number of alkyl halides is 1. The number of benzene rings is 5. The highest BCUT2D eigenvalue weighted by Crippen LogP contribution is 2.45. The molecule has 16 nitrogen and oxygen atoms in total. The van der Waals surface area contributed by atoms with Crippen LogP contribution in [0.1, 0.15) is 42.0 Å². The van der Waals surface area contributed by atoms with Gasteiger partial charge in [-0.25, -0.2) is 17.2 Å². The van der Waals surface area contributed by atoms with Crippen molar-refractivity contribution in [2.75, 3.05) is 37.7 Å². The van der Waals surface area contributed by atoms with Crippen molar-refractivity contribution >= 4 is 43.0 Å². The Morgan fingerprint density at radius 2 is 1.24 bits per heavy atom. The summed E-state index contributed by atoms with van der Waals surface area (Å²) in [4.78, 5) is 37.1. The molecule has 0 amide bonds. The second-order valence-corrected chi connectivity index (χ2v) is 18.8. The molecule has 0 radical (unpaired) electrons. The molecule has 350 valence electrons. The van der Waals surface area contributed by atoms with Crippen LogP contribution < -0.4 is 24.7 Å². The molecule has 0 unspecified atom stereocenters. The average molecular weight is 1000 g/mol. The van der Waals surface area contributed by atoms with Gasteiger partial charge in [0.2, 0.25) is 15.8 Å². The number of hydrogen-bond donors (Lipinski definition) is 0. The van der Waals surface area contributed by atoms with E-state index in [0.29, 0.717) is 29.4 Å². The zero-order valence-electron chi connectivity index (χ0n) is 36.1. The third kappa shape index (κ3) is 12.6. The number of sulfonamides is 1. The van der Waals surface area contributed by atoms with Gasteiger partial charge < -0.3 is 19.1 Å². The van der Waals surface area contributed by atoms with Crippen molar-refractivity contribution in [2.24, 2.45) is 5.41 Å². The summed E-state index contributed by atoms with van der Waals surface area (Å²) in [6.07, 6.45) is 3.24. The van der Waals surface area contributed by atoms with Gasteiger partial charge >= 0.3 is 16.9 Å². The number of hydrogen-bond acceptors (Lipinski definition) is 12. The van der Waals surface area contributed by atoms with Crippen molar-refractivity contribution in [3.63, 3.8) is 0 Å². The lowest BCUT2D eigenvalue weighted by Gasteiger charge is -2.35. The smallest absolute Gasteiger partial charge is 0.316 e. The minimum absolute atomic E-state index is 0.00659. The Hall–Kier alpha value is -6.77. The maximum absolute atomic E-state index is 14.0. The molecule has 0 atom stereocenters. The SMILES string of the molecule is CC1(COc2c(N3CCN(S(=O)(=O)Cc4ccc(OCc5ccccc5)c([N+](=O)[O-])c4)CC3)cnn(-c3cc(F)cc(F)c3)c2=O)CC1.O=[N+]([O-])c1cc(CBr)ccc1OCc1ccccc1. The first-order valence-corrected chi connectivity index (χ1v) is 23.7. The summed E-state index contributed by atoms with van der Waals surface area (Å²) in [6.45, 7) is 3.23. The van der Waals surface area contributed by atoms with Crippen molar-refractivity contribution in [3.8, 4) is 22.9 Å². The van der Waals surface area contributed by atoms with E-state index in [2.05, 4.69) is 21.0 Å². The number of ether oxygens (including phenoxy) is 3. The van der Waals surface area contributed by atoms with Crippen LogP contribution in [0, 0.1) is 37.3 Å². The maximum atomic E-state index is 14.0. The molecule has 2 fully saturated rings. The summed E-state index contributed by atoms with van der Waals surface area (Å²) in [5, 5.41) is 27.5. The number of nitrogens with zero attached hydrogens (tertiary/aromatic N) is 6. The minimum atomic E-state index is -3.88. The fourth-order valence-corrected chi connectivity index (χ4v) is 8.90. The van der Waals surface area contributed by atoms with Crippen molar-refractivity contribution in [2.45, 2.75) is 44.1 Å². The molecular formula is C47H45BrF2N6O10S. The molecule has 0 bridgehead atoms. The van der Waals surface area contributed by atoms with Gasteiger partial charge in [0, 0.05) is 55.1 Å². The van der Waals surface area contributed by atoms with Gasteiger partial charge in [0.15, 0.2) is 11.5 Å². The van der Waals surface area contributed by atoms with Gasteiger partial charge in [-0.05, 0) is 59.4 Å². The summed E-state index contributed by atoms with van der Waals surface area (Å²) in [5.41, 5.74) is 2.00. The van der Waals surface area contributed by atoms with E-state index in [1.807, 2.05) is 73.7 Å². The van der Waals surface area contributed by atoms with E-state index < -0.39 is 42.8 Å². The van der Waals surface area contributed by atoms with Crippen LogP contribution in [0.15, 0.2) is 126 Å². The quantitative estimate of drug-likeness (QED) is 0.0480. The Bertz CT molecular complexity index is 2880. The molecule has 2 aliphatic rings. The van der Waals surface area contributed by atoms with E-state index in [9.17, 15) is 42.2 Å². The lowest BCUT2D eigenvalue weighted by Crippen LogP contribution is -2.49. The highest BCUT2D eigenvalue weighted by molar-refractivity contribution is 9.08. The predicted octanol–water partition coefficient (Wildman–Crippen LogP) is 8.90. The van der Waals surface area contributed by atoms with Gasteiger partial charge in [-0.2, -0.15) is 14.1 Å². The Morgan fingerprint density at radius 3 is 1.75 bits per heavy atom. The fourth-order valence-electron chi connectivity index (χ4n) is 7.05. The van der Waals surface area contributed by atoms with Crippen LogP contribution in [0.3, 0.4) is 0 Å². The summed E-state index contributed by atoms with van der Waals surface area (Å²) in [7, 11) is -3.88. The van der Waals surface area contributed by atoms with E-state index in [1.165, 1.54) is 34.8 Å². The predicted molar refractivity (Wildman–Crippen MR) is 249 cm³/mol. The van der Waals surface area contributed by atoms with Crippen LogP contribution in [0.4, 0.5) is 25.8 Å². The largest absolute Gasteiger partial charge is 0.486 e. The van der Waals surface area contributed by atoms with Crippen molar-refractivity contribution < 1.29 is 41.3 Å². The zero-order valence-corrected chi connectivity index (χ0v) is 38.5. The number of nitro benzene ring substituents is 2. The first-order valence-electron chi connectivity index (χ1n) is 21.0. The molecule has 0 N–H and O–H groups in total. The molecule has 1 saturated carbocycles. The number of nitro groups is 2. The lowest BCUT2D eigenvalue weighted by molar-refractivity contribution is -0.386. The molecule has 1 saturated heterocycles. The molecule has 1 aliphatic carbocycles. The number of rotatable bonds is 17. The van der Waals surface area contributed by atoms with Gasteiger partial charge in [0.25, 0.3) is 0 Å². The molecular weight excluding hydrogens is 959 g/mol. The second kappa shape index (κ2) is 21.2. The average Bonchev–Trinajstić information content (AvgIpc) is 4.06. The maximum Gasteiger partial charge on any atom is 0.316 e. The van der Waals surface area contributed by atoms with Crippen molar-refractivity contribution in [1.29, 1.82) is 0 Å². The third-order valence-corrected chi connectivity index (χ3v) is 13.6. The molecule has 20 heteroatoms. The topological polar surface area (TPSA) is 189 Å². The van der Waals surface area contributed by atoms with Crippen LogP contribution in [0.5, 0.6) is 17.2 Å². The highest BCUT2D eigenvalue weighted by atomic mass is 79.9. The van der Waals surface area contributed by atoms with Crippen molar-refractivity contribution in [1.82, 2.24) is 14.1 Å². The van der Waals surface area contributed by atoms with E-state index in [4.69, 9.17) is 14.2 Å². The van der Waals surface area contributed by atoms with Gasteiger partial charge in [-0.3, -0.25) is 25.0 Å². The van der Waals surface area contributed by atoms with E-state index in [0.717, 1.165) is 46.3 Å². The van der Waals surface area contributed by atoms with Crippen LogP contribution in [-0.4, -0.2) is 65.1 Å². The molecule has 5 aromatic carbocycles. The van der Waals surface area contributed by atoms with Crippen molar-refractivity contribution in [3.05, 3.63) is 186 Å². The van der Waals surface area contributed by atoms with E-state index >= 15 is 0 Å². The monoisotopic (exact) mass is 1000 g/mol. The molecule has 67 heavy (non-hydrogen) atoms. The van der Waals surface area contributed by atoms with Crippen LogP contribution in [0.25, 0.3) is 5.69 Å². The second-order valence-electron chi connectivity index (χ2n) is 16.2. The molecule has 6 aromatic rings. The van der Waals surface area contributed by atoms with E-state index in [1.54, 1.807) is 11.0 Å². The number of anilines is 1. The van der Waals surface area contributed by atoms with Crippen LogP contribution in [-0.2, 0) is 34.3 Å². The fraction of sp³-hybridized carbons (Fsp3) is 0.277. The summed E-state index contributed by atoms with van der Waals surface area (Å²) >= 11 is 3.28. The molecule has 1 aromatic heterocycles. The standard InChI is InChI=1S/C33H33F2N5O7S.C14H12BrNO3/c1-33(9-10-33)22-47-31-29(19-36-39(32(31)41)27-17-25(34)16-26(35)18-27)37-11-13-38(14-12-37)48(44,45)21-24-7-8-30(28(15-24)40(42)43)46-20-23-5-3-2-4-6-23;15-9-12-6-7-14(13(8-12)16(17)18)19-10-11-4-2-1-3-5-11/h2-8,15-19H,9-14,20-22H2,1H3;1-8H,9-10H2. The Kier molecular flexibility index (Phi) is 15.3. The normalized spacial score (nSPS) is 14.4. The van der Waals surface area contributed by atoms with Gasteiger partial charge in [-0.15, -0.1) is 0 Å². The third-order valence-electron chi connectivity index (χ3n) is 11.1. The zero-order chi connectivity index (χ0) is 47.7. The number of halogens is 3. The molecule has 0 spiro atoms.